The maximum atomic E-state index is 5.46. The molecule has 1 heterocycles. The molecule has 1 aliphatic heterocycles. The van der Waals surface area contributed by atoms with Crippen LogP contribution < -0.4 is 5.32 Å². The molecule has 0 spiro atoms. The highest BCUT2D eigenvalue weighted by molar-refractivity contribution is 5.30. The summed E-state index contributed by atoms with van der Waals surface area (Å²) in [6, 6.07) is 0. The fraction of sp³-hybridized carbons (Fsp3) is 0.538. The molecule has 0 aromatic heterocycles. The fourth-order valence-corrected chi connectivity index (χ4v) is 1.14. The van der Waals surface area contributed by atoms with Crippen molar-refractivity contribution in [3.63, 3.8) is 0 Å². The van der Waals surface area contributed by atoms with E-state index in [2.05, 4.69) is 45.7 Å². The standard InChI is InChI=1S/C13H21NO/c1-10-8-14-9-15-12(10)7-6-11(2)13(3,4)5/h6-7,14H,1,8-9H2,2-5H3/b11-6+,12-7+. The summed E-state index contributed by atoms with van der Waals surface area (Å²) >= 11 is 0. The first-order chi connectivity index (χ1) is 6.91. The highest BCUT2D eigenvalue weighted by atomic mass is 16.5. The molecule has 84 valence electrons. The summed E-state index contributed by atoms with van der Waals surface area (Å²) in [5, 5.41) is 3.10. The second-order valence-electron chi connectivity index (χ2n) is 4.95. The van der Waals surface area contributed by atoms with E-state index in [1.54, 1.807) is 0 Å². The number of nitrogens with one attached hydrogen (secondary N) is 1. The quantitative estimate of drug-likeness (QED) is 0.713. The van der Waals surface area contributed by atoms with Gasteiger partial charge in [-0.1, -0.05) is 39.0 Å². The van der Waals surface area contributed by atoms with Crippen LogP contribution in [0, 0.1) is 5.41 Å². The van der Waals surface area contributed by atoms with Crippen LogP contribution in [0.1, 0.15) is 27.7 Å². The zero-order valence-electron chi connectivity index (χ0n) is 10.2. The van der Waals surface area contributed by atoms with E-state index in [1.807, 2.05) is 6.08 Å². The van der Waals surface area contributed by atoms with Crippen LogP contribution in [0.5, 0.6) is 0 Å². The molecule has 1 saturated heterocycles. The number of hydrogen-bond acceptors (Lipinski definition) is 2. The minimum absolute atomic E-state index is 0.214. The Kier molecular flexibility index (Phi) is 3.75. The largest absolute Gasteiger partial charge is 0.478 e. The molecule has 0 bridgehead atoms. The summed E-state index contributed by atoms with van der Waals surface area (Å²) in [6.45, 7) is 14.1. The van der Waals surface area contributed by atoms with Gasteiger partial charge in [0.1, 0.15) is 12.5 Å². The van der Waals surface area contributed by atoms with Gasteiger partial charge < -0.3 is 4.74 Å². The molecular formula is C13H21NO. The Morgan fingerprint density at radius 3 is 2.67 bits per heavy atom. The average Bonchev–Trinajstić information content (AvgIpc) is 2.14. The van der Waals surface area contributed by atoms with Crippen molar-refractivity contribution >= 4 is 0 Å². The molecule has 1 aliphatic rings. The summed E-state index contributed by atoms with van der Waals surface area (Å²) in [5.74, 6) is 0.900. The minimum atomic E-state index is 0.214. The maximum absolute atomic E-state index is 5.46. The van der Waals surface area contributed by atoms with E-state index in [-0.39, 0.29) is 5.41 Å². The van der Waals surface area contributed by atoms with Crippen molar-refractivity contribution in [2.24, 2.45) is 5.41 Å². The Morgan fingerprint density at radius 2 is 2.13 bits per heavy atom. The molecule has 0 aliphatic carbocycles. The molecule has 1 N–H and O–H groups in total. The lowest BCUT2D eigenvalue weighted by Gasteiger charge is -2.21. The van der Waals surface area contributed by atoms with Crippen molar-refractivity contribution in [3.8, 4) is 0 Å². The highest BCUT2D eigenvalue weighted by Crippen LogP contribution is 2.25. The lowest BCUT2D eigenvalue weighted by atomic mass is 9.87. The van der Waals surface area contributed by atoms with E-state index in [9.17, 15) is 0 Å². The molecule has 1 fully saturated rings. The molecule has 2 heteroatoms. The molecule has 0 saturated carbocycles. The second-order valence-corrected chi connectivity index (χ2v) is 4.95. The molecule has 2 nitrogen and oxygen atoms in total. The monoisotopic (exact) mass is 207 g/mol. The van der Waals surface area contributed by atoms with Gasteiger partial charge in [0.25, 0.3) is 0 Å². The Hall–Kier alpha value is -1.02. The topological polar surface area (TPSA) is 21.3 Å². The third-order valence-electron chi connectivity index (χ3n) is 2.68. The molecule has 0 aromatic rings. The lowest BCUT2D eigenvalue weighted by Crippen LogP contribution is -2.27. The second kappa shape index (κ2) is 4.67. The molecule has 0 aromatic carbocycles. The van der Waals surface area contributed by atoms with E-state index in [0.717, 1.165) is 17.9 Å². The Morgan fingerprint density at radius 1 is 1.47 bits per heavy atom. The molecule has 0 radical (unpaired) electrons. The van der Waals surface area contributed by atoms with Crippen LogP contribution >= 0.6 is 0 Å². The third-order valence-corrected chi connectivity index (χ3v) is 2.68. The first-order valence-corrected chi connectivity index (χ1v) is 5.32. The average molecular weight is 207 g/mol. The number of ether oxygens (including phenoxy) is 1. The van der Waals surface area contributed by atoms with E-state index >= 15 is 0 Å². The van der Waals surface area contributed by atoms with Crippen LogP contribution in [0.15, 0.2) is 35.6 Å². The van der Waals surface area contributed by atoms with Crippen molar-refractivity contribution < 1.29 is 4.74 Å². The Bertz CT molecular complexity index is 305. The van der Waals surface area contributed by atoms with Gasteiger partial charge in [0.2, 0.25) is 0 Å². The SMILES string of the molecule is C=C1CNCO/C1=C/C=C(\C)C(C)(C)C. The van der Waals surface area contributed by atoms with Gasteiger partial charge in [-0.25, -0.2) is 0 Å². The number of rotatable bonds is 1. The van der Waals surface area contributed by atoms with E-state index in [0.29, 0.717) is 6.73 Å². The van der Waals surface area contributed by atoms with Crippen molar-refractivity contribution in [1.29, 1.82) is 0 Å². The van der Waals surface area contributed by atoms with Crippen LogP contribution in [-0.4, -0.2) is 13.3 Å². The van der Waals surface area contributed by atoms with E-state index < -0.39 is 0 Å². The Balaban J connectivity index is 2.75. The van der Waals surface area contributed by atoms with Crippen molar-refractivity contribution in [2.45, 2.75) is 27.7 Å². The zero-order valence-corrected chi connectivity index (χ0v) is 10.2. The van der Waals surface area contributed by atoms with Gasteiger partial charge in [-0.05, 0) is 18.4 Å². The van der Waals surface area contributed by atoms with Crippen LogP contribution in [-0.2, 0) is 4.74 Å². The molecular weight excluding hydrogens is 186 g/mol. The van der Waals surface area contributed by atoms with Gasteiger partial charge >= 0.3 is 0 Å². The van der Waals surface area contributed by atoms with Gasteiger partial charge in [0, 0.05) is 12.1 Å². The highest BCUT2D eigenvalue weighted by Gasteiger charge is 2.12. The third kappa shape index (κ3) is 3.56. The van der Waals surface area contributed by atoms with Crippen LogP contribution in [0.3, 0.4) is 0 Å². The summed E-state index contributed by atoms with van der Waals surface area (Å²) in [4.78, 5) is 0. The first-order valence-electron chi connectivity index (χ1n) is 5.32. The normalized spacial score (nSPS) is 21.7. The van der Waals surface area contributed by atoms with Gasteiger partial charge in [0.15, 0.2) is 0 Å². The van der Waals surface area contributed by atoms with E-state index in [4.69, 9.17) is 4.74 Å². The van der Waals surface area contributed by atoms with Gasteiger partial charge in [-0.3, -0.25) is 5.32 Å². The van der Waals surface area contributed by atoms with Crippen LogP contribution in [0.4, 0.5) is 0 Å². The van der Waals surface area contributed by atoms with Gasteiger partial charge in [-0.2, -0.15) is 0 Å². The first kappa shape index (κ1) is 12.1. The van der Waals surface area contributed by atoms with Crippen molar-refractivity contribution in [1.82, 2.24) is 5.32 Å². The Labute approximate surface area is 92.7 Å². The van der Waals surface area contributed by atoms with Crippen LogP contribution in [0.25, 0.3) is 0 Å². The van der Waals surface area contributed by atoms with Crippen molar-refractivity contribution in [2.75, 3.05) is 13.3 Å². The molecule has 0 amide bonds. The van der Waals surface area contributed by atoms with Crippen molar-refractivity contribution in [3.05, 3.63) is 35.6 Å². The van der Waals surface area contributed by atoms with E-state index in [1.165, 1.54) is 5.57 Å². The zero-order chi connectivity index (χ0) is 11.5. The molecule has 0 atom stereocenters. The smallest absolute Gasteiger partial charge is 0.139 e. The number of allylic oxidation sites excluding steroid dienone is 3. The summed E-state index contributed by atoms with van der Waals surface area (Å²) in [7, 11) is 0. The predicted octanol–water partition coefficient (Wildman–Crippen LogP) is 3.00. The summed E-state index contributed by atoms with van der Waals surface area (Å²) in [5.41, 5.74) is 2.56. The number of hydrogen-bond donors (Lipinski definition) is 1. The fourth-order valence-electron chi connectivity index (χ4n) is 1.14. The van der Waals surface area contributed by atoms with Gasteiger partial charge in [0.05, 0.1) is 0 Å². The summed E-state index contributed by atoms with van der Waals surface area (Å²) in [6.07, 6.45) is 4.13. The van der Waals surface area contributed by atoms with Gasteiger partial charge in [-0.15, -0.1) is 0 Å². The van der Waals surface area contributed by atoms with Crippen LogP contribution in [0.2, 0.25) is 0 Å². The molecule has 1 rings (SSSR count). The lowest BCUT2D eigenvalue weighted by molar-refractivity contribution is 0.177. The molecule has 0 unspecified atom stereocenters. The maximum Gasteiger partial charge on any atom is 0.139 e. The summed E-state index contributed by atoms with van der Waals surface area (Å²) < 4.78 is 5.46. The predicted molar refractivity (Wildman–Crippen MR) is 64.4 cm³/mol. The minimum Gasteiger partial charge on any atom is -0.478 e. The molecule has 15 heavy (non-hydrogen) atoms.